The van der Waals surface area contributed by atoms with E-state index >= 15 is 0 Å². The van der Waals surface area contributed by atoms with Crippen molar-refractivity contribution in [2.75, 3.05) is 0 Å². The van der Waals surface area contributed by atoms with Crippen molar-refractivity contribution in [2.24, 2.45) is 0 Å². The molecule has 7 rings (SSSR count). The van der Waals surface area contributed by atoms with E-state index in [-0.39, 0.29) is 20.1 Å². The van der Waals surface area contributed by atoms with Crippen molar-refractivity contribution in [3.8, 4) is 33.8 Å². The predicted octanol–water partition coefficient (Wildman–Crippen LogP) is 11.2. The Hall–Kier alpha value is -4.44. The van der Waals surface area contributed by atoms with E-state index in [1.165, 1.54) is 27.8 Å². The molecule has 0 aliphatic rings. The molecule has 1 radical (unpaired) electrons. The van der Waals surface area contributed by atoms with Crippen LogP contribution in [0.15, 0.2) is 102 Å². The van der Waals surface area contributed by atoms with Gasteiger partial charge in [0, 0.05) is 42.9 Å². The molecule has 0 fully saturated rings. The second-order valence-corrected chi connectivity index (χ2v) is 12.5. The summed E-state index contributed by atoms with van der Waals surface area (Å²) >= 11 is 0. The van der Waals surface area contributed by atoms with Gasteiger partial charge in [-0.25, -0.2) is 4.98 Å². The number of hydrogen-bond acceptors (Lipinski definition) is 4. The molecule has 5 heteroatoms. The molecule has 0 saturated heterocycles. The first-order valence-electron chi connectivity index (χ1n) is 15.9. The van der Waals surface area contributed by atoms with Crippen LogP contribution in [0, 0.1) is 32.9 Å². The van der Waals surface area contributed by atoms with Crippen LogP contribution in [0.2, 0.25) is 0 Å². The molecule has 0 saturated carbocycles. The van der Waals surface area contributed by atoms with Crippen LogP contribution in [-0.2, 0) is 20.1 Å². The molecule has 47 heavy (non-hydrogen) atoms. The normalized spacial score (nSPS) is 11.1. The third kappa shape index (κ3) is 7.12. The fourth-order valence-electron chi connectivity index (χ4n) is 5.75. The van der Waals surface area contributed by atoms with Crippen LogP contribution in [0.25, 0.3) is 55.8 Å². The van der Waals surface area contributed by atoms with Gasteiger partial charge >= 0.3 is 0 Å². The van der Waals surface area contributed by atoms with Gasteiger partial charge in [0.25, 0.3) is 0 Å². The smallest absolute Gasteiger partial charge is 0.216 e. The first-order chi connectivity index (χ1) is 22.2. The van der Waals surface area contributed by atoms with Gasteiger partial charge in [0.1, 0.15) is 0 Å². The van der Waals surface area contributed by atoms with Crippen molar-refractivity contribution in [3.63, 3.8) is 0 Å². The number of aryl methyl sites for hydroxylation is 3. The second-order valence-electron chi connectivity index (χ2n) is 12.5. The van der Waals surface area contributed by atoms with E-state index in [2.05, 4.69) is 100 Å². The van der Waals surface area contributed by atoms with Crippen molar-refractivity contribution in [2.45, 2.75) is 60.3 Å². The first-order valence-corrected chi connectivity index (χ1v) is 15.9. The van der Waals surface area contributed by atoms with Crippen LogP contribution in [-0.4, -0.2) is 15.0 Å². The summed E-state index contributed by atoms with van der Waals surface area (Å²) in [6, 6.07) is 37.4. The van der Waals surface area contributed by atoms with Crippen LogP contribution < -0.4 is 0 Å². The molecule has 0 aliphatic carbocycles. The zero-order chi connectivity index (χ0) is 32.4. The summed E-state index contributed by atoms with van der Waals surface area (Å²) < 4.78 is 6.39. The minimum Gasteiger partial charge on any atom is -0.486 e. The van der Waals surface area contributed by atoms with Crippen molar-refractivity contribution >= 4 is 22.1 Å². The molecule has 0 bridgehead atoms. The van der Waals surface area contributed by atoms with Crippen LogP contribution in [0.4, 0.5) is 0 Å². The Morgan fingerprint density at radius 1 is 0.638 bits per heavy atom. The standard InChI is InChI=1S/C30H29N2O.C12H10N.Ir/c1-17(2)21-9-7-10-22(18(3)4)28(21)27-16-14-24-23-11-8-12-25(29(23)33-30(24)32-27)26-15-13-19(5)20(6)31-26;1-10-7-8-12(13-9-10)11-5-3-2-4-6-11;/h7-11,13-18H,1-6H3;2-5,7-9H,1H3;/q2*-1;. The number of fused-ring (bicyclic) bond motifs is 3. The fourth-order valence-corrected chi connectivity index (χ4v) is 5.75. The van der Waals surface area contributed by atoms with Gasteiger partial charge in [-0.05, 0) is 78.4 Å². The van der Waals surface area contributed by atoms with Gasteiger partial charge in [0.2, 0.25) is 5.71 Å². The van der Waals surface area contributed by atoms with Crippen molar-refractivity contribution < 1.29 is 24.5 Å². The monoisotopic (exact) mass is 794 g/mol. The maximum absolute atomic E-state index is 6.39. The summed E-state index contributed by atoms with van der Waals surface area (Å²) in [5.41, 5.74) is 13.4. The van der Waals surface area contributed by atoms with Crippen molar-refractivity contribution in [1.82, 2.24) is 15.0 Å². The van der Waals surface area contributed by atoms with Crippen molar-refractivity contribution in [3.05, 3.63) is 137 Å². The fraction of sp³-hybridized carbons (Fsp3) is 0.214. The van der Waals surface area contributed by atoms with Gasteiger partial charge < -0.3 is 14.4 Å². The molecule has 0 aliphatic heterocycles. The zero-order valence-corrected chi connectivity index (χ0v) is 30.4. The summed E-state index contributed by atoms with van der Waals surface area (Å²) in [6.45, 7) is 15.1. The van der Waals surface area contributed by atoms with Gasteiger partial charge in [-0.3, -0.25) is 0 Å². The van der Waals surface area contributed by atoms with E-state index in [4.69, 9.17) is 14.4 Å². The molecule has 3 aromatic carbocycles. The van der Waals surface area contributed by atoms with Crippen LogP contribution in [0.1, 0.15) is 67.5 Å². The van der Waals surface area contributed by atoms with Gasteiger partial charge in [0.05, 0.1) is 11.3 Å². The molecule has 7 aromatic rings. The molecule has 0 N–H and O–H groups in total. The molecule has 0 amide bonds. The predicted molar refractivity (Wildman–Crippen MR) is 190 cm³/mol. The molecule has 0 atom stereocenters. The average Bonchev–Trinajstić information content (AvgIpc) is 3.45. The molecule has 4 heterocycles. The first kappa shape index (κ1) is 33.9. The summed E-state index contributed by atoms with van der Waals surface area (Å²) in [5, 5.41) is 2.06. The molecule has 239 valence electrons. The number of aromatic nitrogens is 3. The zero-order valence-electron chi connectivity index (χ0n) is 28.0. The van der Waals surface area contributed by atoms with Crippen LogP contribution in [0.3, 0.4) is 0 Å². The Balaban J connectivity index is 0.000000260. The SMILES string of the molecule is Cc1ccc(-c2[c-]ccc3c2oc2nc(-c4c(C(C)C)cccc4C(C)C)ccc23)nc1C.Cc1ccc(-c2[c-]cccc2)nc1.[Ir]. The molecular formula is C42H39IrN3O-2. The van der Waals surface area contributed by atoms with Crippen molar-refractivity contribution in [1.29, 1.82) is 0 Å². The topological polar surface area (TPSA) is 51.8 Å². The number of rotatable bonds is 5. The van der Waals surface area contributed by atoms with E-state index < -0.39 is 0 Å². The van der Waals surface area contributed by atoms with E-state index in [0.717, 1.165) is 50.3 Å². The van der Waals surface area contributed by atoms with Gasteiger partial charge in [-0.2, -0.15) is 0 Å². The third-order valence-electron chi connectivity index (χ3n) is 8.43. The van der Waals surface area contributed by atoms with Gasteiger partial charge in [-0.1, -0.05) is 81.1 Å². The van der Waals surface area contributed by atoms with Gasteiger partial charge in [-0.15, -0.1) is 54.1 Å². The summed E-state index contributed by atoms with van der Waals surface area (Å²) in [5.74, 6) is 0.813. The Morgan fingerprint density at radius 2 is 1.36 bits per heavy atom. The summed E-state index contributed by atoms with van der Waals surface area (Å²) in [6.07, 6.45) is 1.87. The summed E-state index contributed by atoms with van der Waals surface area (Å²) in [4.78, 5) is 14.1. The maximum Gasteiger partial charge on any atom is 0.216 e. The molecule has 4 nitrogen and oxygen atoms in total. The van der Waals surface area contributed by atoms with Crippen LogP contribution in [0.5, 0.6) is 0 Å². The number of hydrogen-bond donors (Lipinski definition) is 0. The quantitative estimate of drug-likeness (QED) is 0.163. The number of benzene rings is 3. The minimum absolute atomic E-state index is 0. The Bertz CT molecular complexity index is 2100. The minimum atomic E-state index is 0. The Labute approximate surface area is 291 Å². The third-order valence-corrected chi connectivity index (χ3v) is 8.43. The number of nitrogens with zero attached hydrogens (tertiary/aromatic N) is 3. The average molecular weight is 794 g/mol. The van der Waals surface area contributed by atoms with E-state index in [1.54, 1.807) is 0 Å². The molecule has 0 unspecified atom stereocenters. The molecule has 0 spiro atoms. The Morgan fingerprint density at radius 3 is 2.00 bits per heavy atom. The van der Waals surface area contributed by atoms with Gasteiger partial charge in [0.15, 0.2) is 0 Å². The van der Waals surface area contributed by atoms with Crippen LogP contribution >= 0.6 is 0 Å². The summed E-state index contributed by atoms with van der Waals surface area (Å²) in [7, 11) is 0. The maximum atomic E-state index is 6.39. The Kier molecular flexibility index (Phi) is 10.5. The molecular weight excluding hydrogens is 755 g/mol. The second kappa shape index (κ2) is 14.5. The van der Waals surface area contributed by atoms with E-state index in [1.807, 2.05) is 62.5 Å². The van der Waals surface area contributed by atoms with E-state index in [9.17, 15) is 0 Å². The number of furan rings is 1. The number of pyridine rings is 3. The van der Waals surface area contributed by atoms with E-state index in [0.29, 0.717) is 17.5 Å². The molecule has 4 aromatic heterocycles. The largest absolute Gasteiger partial charge is 0.486 e.